The lowest BCUT2D eigenvalue weighted by Crippen LogP contribution is -2.38. The SMILES string of the molecule is CCOc1ccc(CCC(=O)N(CC(C)C(=O)O)C2CC2)cc1. The molecule has 1 aliphatic rings. The number of hydrogen-bond donors (Lipinski definition) is 1. The van der Waals surface area contributed by atoms with Crippen LogP contribution in [0.15, 0.2) is 24.3 Å². The highest BCUT2D eigenvalue weighted by Crippen LogP contribution is 2.28. The van der Waals surface area contributed by atoms with Gasteiger partial charge < -0.3 is 14.7 Å². The van der Waals surface area contributed by atoms with Crippen LogP contribution in [-0.4, -0.2) is 41.1 Å². The molecule has 0 radical (unpaired) electrons. The Kier molecular flexibility index (Phi) is 6.02. The molecule has 1 atom stereocenters. The number of aryl methyl sites for hydroxylation is 1. The summed E-state index contributed by atoms with van der Waals surface area (Å²) in [6, 6.07) is 8.01. The van der Waals surface area contributed by atoms with Crippen LogP contribution < -0.4 is 4.74 Å². The maximum atomic E-state index is 12.4. The number of rotatable bonds is 9. The molecule has 0 saturated heterocycles. The third-order valence-electron chi connectivity index (χ3n) is 4.06. The van der Waals surface area contributed by atoms with E-state index in [2.05, 4.69) is 0 Å². The lowest BCUT2D eigenvalue weighted by molar-refractivity contribution is -0.143. The standard InChI is InChI=1S/C18H25NO4/c1-3-23-16-9-4-14(5-10-16)6-11-17(20)19(15-7-8-15)12-13(2)18(21)22/h4-5,9-10,13,15H,3,6-8,11-12H2,1-2H3,(H,21,22). The Bertz CT molecular complexity index is 536. The van der Waals surface area contributed by atoms with Crippen LogP contribution in [-0.2, 0) is 16.0 Å². The Morgan fingerprint density at radius 3 is 2.48 bits per heavy atom. The van der Waals surface area contributed by atoms with E-state index < -0.39 is 11.9 Å². The second-order valence-electron chi connectivity index (χ2n) is 6.09. The Labute approximate surface area is 137 Å². The van der Waals surface area contributed by atoms with Gasteiger partial charge in [0.15, 0.2) is 0 Å². The van der Waals surface area contributed by atoms with Crippen molar-refractivity contribution in [2.45, 2.75) is 45.6 Å². The van der Waals surface area contributed by atoms with Crippen molar-refractivity contribution in [2.75, 3.05) is 13.2 Å². The van der Waals surface area contributed by atoms with E-state index in [-0.39, 0.29) is 11.9 Å². The van der Waals surface area contributed by atoms with Gasteiger partial charge in [0.25, 0.3) is 0 Å². The topological polar surface area (TPSA) is 66.8 Å². The summed E-state index contributed by atoms with van der Waals surface area (Å²) < 4.78 is 5.40. The molecule has 1 unspecified atom stereocenters. The van der Waals surface area contributed by atoms with Crippen LogP contribution in [0.25, 0.3) is 0 Å². The Hall–Kier alpha value is -2.04. The molecule has 0 aromatic heterocycles. The summed E-state index contributed by atoms with van der Waals surface area (Å²) in [7, 11) is 0. The number of aliphatic carboxylic acids is 1. The molecule has 2 rings (SSSR count). The lowest BCUT2D eigenvalue weighted by Gasteiger charge is -2.24. The van der Waals surface area contributed by atoms with Gasteiger partial charge in [0, 0.05) is 19.0 Å². The highest BCUT2D eigenvalue weighted by atomic mass is 16.5. The number of ether oxygens (including phenoxy) is 1. The number of amides is 1. The van der Waals surface area contributed by atoms with E-state index in [0.29, 0.717) is 26.0 Å². The fourth-order valence-electron chi connectivity index (χ4n) is 2.53. The molecule has 1 N–H and O–H groups in total. The van der Waals surface area contributed by atoms with Gasteiger partial charge >= 0.3 is 5.97 Å². The molecule has 1 amide bonds. The molecule has 0 heterocycles. The summed E-state index contributed by atoms with van der Waals surface area (Å²) in [6.45, 7) is 4.53. The summed E-state index contributed by atoms with van der Waals surface area (Å²) in [5.74, 6) is -0.494. The first kappa shape index (κ1) is 17.3. The first-order valence-electron chi connectivity index (χ1n) is 8.25. The van der Waals surface area contributed by atoms with Crippen molar-refractivity contribution in [3.05, 3.63) is 29.8 Å². The number of carbonyl (C=O) groups is 2. The van der Waals surface area contributed by atoms with E-state index in [1.54, 1.807) is 11.8 Å². The van der Waals surface area contributed by atoms with E-state index in [1.807, 2.05) is 31.2 Å². The summed E-state index contributed by atoms with van der Waals surface area (Å²) in [5.41, 5.74) is 1.09. The van der Waals surface area contributed by atoms with Crippen LogP contribution in [0.2, 0.25) is 0 Å². The zero-order chi connectivity index (χ0) is 16.8. The normalized spacial score (nSPS) is 15.0. The minimum absolute atomic E-state index is 0.0504. The van der Waals surface area contributed by atoms with Crippen LogP contribution in [0.1, 0.15) is 38.7 Å². The molecule has 5 nitrogen and oxygen atoms in total. The van der Waals surface area contributed by atoms with E-state index in [0.717, 1.165) is 24.2 Å². The molecule has 126 valence electrons. The van der Waals surface area contributed by atoms with Gasteiger partial charge in [0.05, 0.1) is 12.5 Å². The number of hydrogen-bond acceptors (Lipinski definition) is 3. The first-order chi connectivity index (χ1) is 11.0. The van der Waals surface area contributed by atoms with Crippen molar-refractivity contribution >= 4 is 11.9 Å². The second-order valence-corrected chi connectivity index (χ2v) is 6.09. The average Bonchev–Trinajstić information content (AvgIpc) is 3.36. The van der Waals surface area contributed by atoms with Crippen molar-refractivity contribution in [1.82, 2.24) is 4.90 Å². The van der Waals surface area contributed by atoms with Gasteiger partial charge in [0.2, 0.25) is 5.91 Å². The molecule has 5 heteroatoms. The van der Waals surface area contributed by atoms with Gasteiger partial charge in [-0.05, 0) is 43.9 Å². The van der Waals surface area contributed by atoms with Crippen LogP contribution >= 0.6 is 0 Å². The fraction of sp³-hybridized carbons (Fsp3) is 0.556. The first-order valence-corrected chi connectivity index (χ1v) is 8.25. The van der Waals surface area contributed by atoms with Crippen molar-refractivity contribution in [2.24, 2.45) is 5.92 Å². The molecule has 0 aliphatic heterocycles. The van der Waals surface area contributed by atoms with Gasteiger partial charge in [-0.3, -0.25) is 9.59 Å². The van der Waals surface area contributed by atoms with Gasteiger partial charge in [0.1, 0.15) is 5.75 Å². The van der Waals surface area contributed by atoms with Crippen molar-refractivity contribution in [1.29, 1.82) is 0 Å². The van der Waals surface area contributed by atoms with E-state index >= 15 is 0 Å². The zero-order valence-electron chi connectivity index (χ0n) is 13.8. The third-order valence-corrected chi connectivity index (χ3v) is 4.06. The number of nitrogens with zero attached hydrogens (tertiary/aromatic N) is 1. The predicted molar refractivity (Wildman–Crippen MR) is 87.5 cm³/mol. The smallest absolute Gasteiger partial charge is 0.308 e. The van der Waals surface area contributed by atoms with E-state index in [9.17, 15) is 9.59 Å². The number of benzene rings is 1. The van der Waals surface area contributed by atoms with E-state index in [4.69, 9.17) is 9.84 Å². The number of carboxylic acids is 1. The Morgan fingerprint density at radius 2 is 1.96 bits per heavy atom. The molecule has 0 spiro atoms. The predicted octanol–water partition coefficient (Wildman–Crippen LogP) is 2.73. The molecule has 23 heavy (non-hydrogen) atoms. The van der Waals surface area contributed by atoms with Crippen molar-refractivity contribution < 1.29 is 19.4 Å². The van der Waals surface area contributed by atoms with Crippen LogP contribution in [0, 0.1) is 5.92 Å². The van der Waals surface area contributed by atoms with E-state index in [1.165, 1.54) is 0 Å². The Balaban J connectivity index is 1.87. The van der Waals surface area contributed by atoms with Gasteiger partial charge in [-0.15, -0.1) is 0 Å². The maximum Gasteiger partial charge on any atom is 0.308 e. The van der Waals surface area contributed by atoms with Gasteiger partial charge in [-0.1, -0.05) is 19.1 Å². The average molecular weight is 319 g/mol. The van der Waals surface area contributed by atoms with Crippen LogP contribution in [0.5, 0.6) is 5.75 Å². The third kappa shape index (κ3) is 5.27. The molecule has 1 fully saturated rings. The van der Waals surface area contributed by atoms with Crippen molar-refractivity contribution in [3.8, 4) is 5.75 Å². The van der Waals surface area contributed by atoms with Crippen molar-refractivity contribution in [3.63, 3.8) is 0 Å². The fourth-order valence-corrected chi connectivity index (χ4v) is 2.53. The lowest BCUT2D eigenvalue weighted by atomic mass is 10.1. The molecule has 1 saturated carbocycles. The molecule has 1 aliphatic carbocycles. The zero-order valence-corrected chi connectivity index (χ0v) is 13.8. The largest absolute Gasteiger partial charge is 0.494 e. The van der Waals surface area contributed by atoms with Gasteiger partial charge in [-0.25, -0.2) is 0 Å². The summed E-state index contributed by atoms with van der Waals surface area (Å²) in [5, 5.41) is 9.04. The molecule has 1 aromatic carbocycles. The van der Waals surface area contributed by atoms with Gasteiger partial charge in [-0.2, -0.15) is 0 Å². The molecular formula is C18H25NO4. The quantitative estimate of drug-likeness (QED) is 0.760. The minimum Gasteiger partial charge on any atom is -0.494 e. The summed E-state index contributed by atoms with van der Waals surface area (Å²) >= 11 is 0. The Morgan fingerprint density at radius 1 is 1.30 bits per heavy atom. The molecule has 0 bridgehead atoms. The summed E-state index contributed by atoms with van der Waals surface area (Å²) in [4.78, 5) is 25.2. The molecule has 1 aromatic rings. The highest BCUT2D eigenvalue weighted by molar-refractivity contribution is 5.78. The van der Waals surface area contributed by atoms with Crippen LogP contribution in [0.4, 0.5) is 0 Å². The number of carbonyl (C=O) groups excluding carboxylic acids is 1. The summed E-state index contributed by atoms with van der Waals surface area (Å²) in [6.07, 6.45) is 3.05. The number of carboxylic acid groups (broad SMARTS) is 1. The minimum atomic E-state index is -0.852. The van der Waals surface area contributed by atoms with Crippen LogP contribution in [0.3, 0.4) is 0 Å². The highest BCUT2D eigenvalue weighted by Gasteiger charge is 2.34. The molecular weight excluding hydrogens is 294 g/mol. The maximum absolute atomic E-state index is 12.4. The second kappa shape index (κ2) is 7.99. The monoisotopic (exact) mass is 319 g/mol.